The first kappa shape index (κ1) is 25.8. The van der Waals surface area contributed by atoms with E-state index in [4.69, 9.17) is 14.8 Å². The molecule has 1 aliphatic rings. The number of para-hydroxylation sites is 2. The number of hydrogen-bond donors (Lipinski definition) is 3. The van der Waals surface area contributed by atoms with Crippen LogP contribution in [0.25, 0.3) is 11.4 Å². The minimum atomic E-state index is -0.576. The number of allylic oxidation sites excluding steroid dienone is 1. The molecule has 0 spiro atoms. The van der Waals surface area contributed by atoms with Gasteiger partial charge in [0.15, 0.2) is 5.82 Å². The lowest BCUT2D eigenvalue weighted by Gasteiger charge is -2.28. The van der Waals surface area contributed by atoms with Crippen molar-refractivity contribution in [2.24, 2.45) is 0 Å². The highest BCUT2D eigenvalue weighted by Gasteiger charge is 2.34. The quantitative estimate of drug-likeness (QED) is 0.282. The smallest absolute Gasteiger partial charge is 0.255 e. The van der Waals surface area contributed by atoms with Crippen molar-refractivity contribution in [3.63, 3.8) is 0 Å². The van der Waals surface area contributed by atoms with Crippen molar-refractivity contribution in [2.45, 2.75) is 26.8 Å². The van der Waals surface area contributed by atoms with Crippen LogP contribution in [0.15, 0.2) is 84.1 Å². The SMILES string of the molecule is CCN(CC)c1ccc(-c2nc3n(n2)C(c2ccc(O)cc2)C(C(=O)Nc2ccccc2OC)=C(C)N3)cc1. The van der Waals surface area contributed by atoms with E-state index in [0.29, 0.717) is 34.5 Å². The number of carbonyl (C=O) groups is 1. The number of benzene rings is 3. The predicted molar refractivity (Wildman–Crippen MR) is 153 cm³/mol. The van der Waals surface area contributed by atoms with Crippen LogP contribution in [0.2, 0.25) is 0 Å². The maximum atomic E-state index is 13.8. The molecule has 0 radical (unpaired) electrons. The molecule has 39 heavy (non-hydrogen) atoms. The van der Waals surface area contributed by atoms with Crippen molar-refractivity contribution >= 4 is 23.2 Å². The zero-order chi connectivity index (χ0) is 27.5. The summed E-state index contributed by atoms with van der Waals surface area (Å²) in [6.07, 6.45) is 0. The van der Waals surface area contributed by atoms with E-state index in [1.165, 1.54) is 0 Å². The van der Waals surface area contributed by atoms with Crippen LogP contribution in [0, 0.1) is 0 Å². The standard InChI is InChI=1S/C30H32N6O3/c1-5-35(6-2)22-15-11-21(12-16-22)28-33-30-31-19(3)26(29(38)32-24-9-7-8-10-25(24)39-4)27(36(30)34-28)20-13-17-23(37)18-14-20/h7-18,27,37H,5-6H2,1-4H3,(H,32,38)(H,31,33,34). The second-order valence-electron chi connectivity index (χ2n) is 9.23. The minimum Gasteiger partial charge on any atom is -0.508 e. The highest BCUT2D eigenvalue weighted by molar-refractivity contribution is 6.06. The lowest BCUT2D eigenvalue weighted by atomic mass is 9.95. The molecule has 200 valence electrons. The second-order valence-corrected chi connectivity index (χ2v) is 9.23. The van der Waals surface area contributed by atoms with Gasteiger partial charge in [-0.1, -0.05) is 24.3 Å². The van der Waals surface area contributed by atoms with Gasteiger partial charge < -0.3 is 25.4 Å². The number of phenols is 1. The first-order valence-electron chi connectivity index (χ1n) is 13.0. The van der Waals surface area contributed by atoms with Gasteiger partial charge in [0, 0.05) is 30.0 Å². The van der Waals surface area contributed by atoms with Crippen molar-refractivity contribution in [1.82, 2.24) is 14.8 Å². The first-order valence-corrected chi connectivity index (χ1v) is 13.0. The van der Waals surface area contributed by atoms with E-state index in [9.17, 15) is 9.90 Å². The van der Waals surface area contributed by atoms with Gasteiger partial charge in [-0.25, -0.2) is 4.68 Å². The number of aromatic nitrogens is 3. The molecule has 0 saturated carbocycles. The first-order chi connectivity index (χ1) is 18.9. The Labute approximate surface area is 227 Å². The Morgan fingerprint density at radius 2 is 1.74 bits per heavy atom. The Morgan fingerprint density at radius 3 is 2.41 bits per heavy atom. The molecule has 1 unspecified atom stereocenters. The number of rotatable bonds is 8. The van der Waals surface area contributed by atoms with Gasteiger partial charge in [-0.2, -0.15) is 4.98 Å². The summed E-state index contributed by atoms with van der Waals surface area (Å²) in [4.78, 5) is 20.8. The van der Waals surface area contributed by atoms with Crippen LogP contribution in [0.5, 0.6) is 11.5 Å². The van der Waals surface area contributed by atoms with Crippen LogP contribution < -0.4 is 20.3 Å². The Balaban J connectivity index is 1.54. The summed E-state index contributed by atoms with van der Waals surface area (Å²) in [5, 5.41) is 21.0. The number of anilines is 3. The molecule has 5 rings (SSSR count). The monoisotopic (exact) mass is 524 g/mol. The van der Waals surface area contributed by atoms with E-state index < -0.39 is 6.04 Å². The summed E-state index contributed by atoms with van der Waals surface area (Å²) >= 11 is 0. The fourth-order valence-corrected chi connectivity index (χ4v) is 4.88. The summed E-state index contributed by atoms with van der Waals surface area (Å²) in [5.74, 6) is 1.48. The highest BCUT2D eigenvalue weighted by atomic mass is 16.5. The topological polar surface area (TPSA) is 105 Å². The molecule has 0 fully saturated rings. The van der Waals surface area contributed by atoms with Gasteiger partial charge in [-0.05, 0) is 74.9 Å². The average Bonchev–Trinajstić information content (AvgIpc) is 3.37. The molecular weight excluding hydrogens is 492 g/mol. The van der Waals surface area contributed by atoms with Gasteiger partial charge >= 0.3 is 0 Å². The fraction of sp³-hybridized carbons (Fsp3) is 0.233. The number of methoxy groups -OCH3 is 1. The third-order valence-corrected chi connectivity index (χ3v) is 6.92. The van der Waals surface area contributed by atoms with Crippen molar-refractivity contribution < 1.29 is 14.6 Å². The number of fused-ring (bicyclic) bond motifs is 1. The Kier molecular flexibility index (Phi) is 7.23. The number of phenolic OH excluding ortho intramolecular Hbond substituents is 1. The summed E-state index contributed by atoms with van der Waals surface area (Å²) in [5.41, 5.74) is 4.50. The van der Waals surface area contributed by atoms with Crippen LogP contribution in [0.4, 0.5) is 17.3 Å². The Bertz CT molecular complexity index is 1500. The molecule has 0 aliphatic carbocycles. The molecule has 2 heterocycles. The minimum absolute atomic E-state index is 0.140. The van der Waals surface area contributed by atoms with Gasteiger partial charge in [0.1, 0.15) is 17.5 Å². The number of nitrogens with zero attached hydrogens (tertiary/aromatic N) is 4. The molecule has 1 aromatic heterocycles. The van der Waals surface area contributed by atoms with Crippen molar-refractivity contribution in [1.29, 1.82) is 0 Å². The number of carbonyl (C=O) groups excluding carboxylic acids is 1. The van der Waals surface area contributed by atoms with Crippen LogP contribution in [-0.4, -0.2) is 46.0 Å². The van der Waals surface area contributed by atoms with Crippen LogP contribution in [-0.2, 0) is 4.79 Å². The molecule has 3 N–H and O–H groups in total. The Hall–Kier alpha value is -4.79. The summed E-state index contributed by atoms with van der Waals surface area (Å²) < 4.78 is 7.15. The van der Waals surface area contributed by atoms with Gasteiger partial charge in [0.25, 0.3) is 5.91 Å². The molecule has 1 aliphatic heterocycles. The van der Waals surface area contributed by atoms with Crippen LogP contribution in [0.3, 0.4) is 0 Å². The molecular formula is C30H32N6O3. The van der Waals surface area contributed by atoms with E-state index in [1.54, 1.807) is 48.2 Å². The second kappa shape index (κ2) is 10.9. The zero-order valence-corrected chi connectivity index (χ0v) is 22.5. The molecule has 0 bridgehead atoms. The largest absolute Gasteiger partial charge is 0.508 e. The predicted octanol–water partition coefficient (Wildman–Crippen LogP) is 5.43. The average molecular weight is 525 g/mol. The summed E-state index contributed by atoms with van der Waals surface area (Å²) in [6.45, 7) is 7.97. The normalized spacial score (nSPS) is 14.4. The number of ether oxygens (including phenoxy) is 1. The highest BCUT2D eigenvalue weighted by Crippen LogP contribution is 2.38. The van der Waals surface area contributed by atoms with E-state index in [-0.39, 0.29) is 11.7 Å². The molecule has 3 aromatic carbocycles. The van der Waals surface area contributed by atoms with E-state index in [0.717, 1.165) is 29.9 Å². The molecule has 9 nitrogen and oxygen atoms in total. The van der Waals surface area contributed by atoms with E-state index in [1.807, 2.05) is 31.2 Å². The van der Waals surface area contributed by atoms with Crippen molar-refractivity contribution in [3.8, 4) is 22.9 Å². The Morgan fingerprint density at radius 1 is 1.05 bits per heavy atom. The number of aromatic hydroxyl groups is 1. The number of hydrogen-bond acceptors (Lipinski definition) is 7. The van der Waals surface area contributed by atoms with Gasteiger partial charge in [0.2, 0.25) is 5.95 Å². The summed E-state index contributed by atoms with van der Waals surface area (Å²) in [6, 6.07) is 21.6. The fourth-order valence-electron chi connectivity index (χ4n) is 4.88. The maximum absolute atomic E-state index is 13.8. The van der Waals surface area contributed by atoms with Crippen LogP contribution in [0.1, 0.15) is 32.4 Å². The lowest BCUT2D eigenvalue weighted by Crippen LogP contribution is -2.31. The van der Waals surface area contributed by atoms with Crippen LogP contribution >= 0.6 is 0 Å². The number of nitrogens with one attached hydrogen (secondary N) is 2. The third kappa shape index (κ3) is 5.03. The van der Waals surface area contributed by atoms with Gasteiger partial charge in [-0.15, -0.1) is 5.10 Å². The van der Waals surface area contributed by atoms with E-state index >= 15 is 0 Å². The molecule has 4 aromatic rings. The molecule has 1 amide bonds. The number of amides is 1. The molecule has 9 heteroatoms. The van der Waals surface area contributed by atoms with Gasteiger partial charge in [-0.3, -0.25) is 4.79 Å². The van der Waals surface area contributed by atoms with E-state index in [2.05, 4.69) is 41.5 Å². The molecule has 0 saturated heterocycles. The zero-order valence-electron chi connectivity index (χ0n) is 22.5. The summed E-state index contributed by atoms with van der Waals surface area (Å²) in [7, 11) is 1.56. The van der Waals surface area contributed by atoms with Crippen molar-refractivity contribution in [2.75, 3.05) is 35.7 Å². The molecule has 1 atom stereocenters. The lowest BCUT2D eigenvalue weighted by molar-refractivity contribution is -0.113. The van der Waals surface area contributed by atoms with Gasteiger partial charge in [0.05, 0.1) is 18.4 Å². The maximum Gasteiger partial charge on any atom is 0.255 e. The van der Waals surface area contributed by atoms with Crippen molar-refractivity contribution in [3.05, 3.63) is 89.6 Å². The third-order valence-electron chi connectivity index (χ3n) is 6.92.